The lowest BCUT2D eigenvalue weighted by Crippen LogP contribution is -2.23. The van der Waals surface area contributed by atoms with Gasteiger partial charge in [0, 0.05) is 12.5 Å². The molecular weight excluding hydrogens is 272 g/mol. The average Bonchev–Trinajstić information content (AvgIpc) is 2.42. The van der Waals surface area contributed by atoms with Crippen LogP contribution < -0.4 is 10.1 Å². The predicted molar refractivity (Wildman–Crippen MR) is 77.5 cm³/mol. The number of hydrogen-bond acceptors (Lipinski definition) is 2. The zero-order valence-electron chi connectivity index (χ0n) is 11.8. The highest BCUT2D eigenvalue weighted by Crippen LogP contribution is 2.35. The van der Waals surface area contributed by atoms with Gasteiger partial charge in [-0.2, -0.15) is 0 Å². The molecule has 0 saturated carbocycles. The number of fused-ring (bicyclic) bond motifs is 1. The van der Waals surface area contributed by atoms with Gasteiger partial charge in [0.2, 0.25) is 0 Å². The molecule has 110 valence electrons. The Morgan fingerprint density at radius 2 is 1.90 bits per heavy atom. The molecule has 0 bridgehead atoms. The molecule has 2 aromatic rings. The molecule has 1 aliphatic carbocycles. The summed E-state index contributed by atoms with van der Waals surface area (Å²) in [6, 6.07) is 10.7. The van der Waals surface area contributed by atoms with Gasteiger partial charge in [0.15, 0.2) is 17.4 Å². The maximum Gasteiger partial charge on any atom is 0.190 e. The van der Waals surface area contributed by atoms with Crippen LogP contribution in [0.2, 0.25) is 0 Å². The van der Waals surface area contributed by atoms with Gasteiger partial charge in [-0.05, 0) is 42.3 Å². The Morgan fingerprint density at radius 3 is 2.57 bits per heavy atom. The van der Waals surface area contributed by atoms with Crippen LogP contribution in [0.25, 0.3) is 0 Å². The van der Waals surface area contributed by atoms with Crippen molar-refractivity contribution in [2.24, 2.45) is 0 Å². The van der Waals surface area contributed by atoms with E-state index in [1.165, 1.54) is 23.3 Å². The maximum absolute atomic E-state index is 13.9. The van der Waals surface area contributed by atoms with Gasteiger partial charge >= 0.3 is 0 Å². The van der Waals surface area contributed by atoms with E-state index in [1.807, 2.05) is 18.2 Å². The Morgan fingerprint density at radius 1 is 1.19 bits per heavy atom. The van der Waals surface area contributed by atoms with E-state index < -0.39 is 11.6 Å². The van der Waals surface area contributed by atoms with Gasteiger partial charge in [-0.1, -0.05) is 24.3 Å². The molecule has 0 heterocycles. The van der Waals surface area contributed by atoms with E-state index in [9.17, 15) is 8.78 Å². The number of halogens is 2. The number of rotatable bonds is 5. The van der Waals surface area contributed by atoms with Gasteiger partial charge in [0.05, 0.1) is 6.61 Å². The SMILES string of the molecule is CNCc1cc(F)c(OCC2Cc3ccccc32)c(F)c1. The standard InChI is InChI=1S/C17H17F2NO/c1-20-9-11-6-15(18)17(16(19)7-11)21-10-13-8-12-4-2-3-5-14(12)13/h2-7,13,20H,8-10H2,1H3. The highest BCUT2D eigenvalue weighted by Gasteiger charge is 2.26. The van der Waals surface area contributed by atoms with Crippen LogP contribution in [-0.4, -0.2) is 13.7 Å². The summed E-state index contributed by atoms with van der Waals surface area (Å²) in [5, 5.41) is 2.86. The van der Waals surface area contributed by atoms with E-state index in [2.05, 4.69) is 11.4 Å². The Labute approximate surface area is 122 Å². The maximum atomic E-state index is 13.9. The average molecular weight is 289 g/mol. The molecule has 1 aliphatic rings. The van der Waals surface area contributed by atoms with Crippen molar-refractivity contribution >= 4 is 0 Å². The molecule has 0 amide bonds. The molecule has 4 heteroatoms. The second-order valence-corrected chi connectivity index (χ2v) is 5.33. The second kappa shape index (κ2) is 5.82. The van der Waals surface area contributed by atoms with Gasteiger partial charge < -0.3 is 10.1 Å². The smallest absolute Gasteiger partial charge is 0.190 e. The van der Waals surface area contributed by atoms with Gasteiger partial charge in [0.25, 0.3) is 0 Å². The second-order valence-electron chi connectivity index (χ2n) is 5.33. The fraction of sp³-hybridized carbons (Fsp3) is 0.294. The van der Waals surface area contributed by atoms with Crippen molar-refractivity contribution in [2.45, 2.75) is 18.9 Å². The highest BCUT2D eigenvalue weighted by molar-refractivity contribution is 5.40. The largest absolute Gasteiger partial charge is 0.487 e. The zero-order valence-corrected chi connectivity index (χ0v) is 11.8. The fourth-order valence-electron chi connectivity index (χ4n) is 2.75. The molecule has 1 unspecified atom stereocenters. The third-order valence-corrected chi connectivity index (χ3v) is 3.83. The van der Waals surface area contributed by atoms with Crippen molar-refractivity contribution in [1.82, 2.24) is 5.32 Å². The molecule has 0 radical (unpaired) electrons. The van der Waals surface area contributed by atoms with E-state index in [0.29, 0.717) is 18.7 Å². The monoisotopic (exact) mass is 289 g/mol. The Kier molecular flexibility index (Phi) is 3.88. The number of benzene rings is 2. The minimum absolute atomic E-state index is 0.219. The van der Waals surface area contributed by atoms with Crippen molar-refractivity contribution in [3.63, 3.8) is 0 Å². The quantitative estimate of drug-likeness (QED) is 0.911. The van der Waals surface area contributed by atoms with E-state index >= 15 is 0 Å². The van der Waals surface area contributed by atoms with Crippen molar-refractivity contribution in [2.75, 3.05) is 13.7 Å². The van der Waals surface area contributed by atoms with E-state index in [-0.39, 0.29) is 11.7 Å². The van der Waals surface area contributed by atoms with E-state index in [0.717, 1.165) is 6.42 Å². The highest BCUT2D eigenvalue weighted by atomic mass is 19.1. The Bertz CT molecular complexity index is 634. The van der Waals surface area contributed by atoms with Crippen LogP contribution >= 0.6 is 0 Å². The van der Waals surface area contributed by atoms with Crippen LogP contribution in [0.5, 0.6) is 5.75 Å². The molecule has 0 saturated heterocycles. The lowest BCUT2D eigenvalue weighted by molar-refractivity contribution is 0.251. The third-order valence-electron chi connectivity index (χ3n) is 3.83. The first-order chi connectivity index (χ1) is 10.2. The summed E-state index contributed by atoms with van der Waals surface area (Å²) in [5.74, 6) is -1.35. The van der Waals surface area contributed by atoms with Crippen LogP contribution in [0.3, 0.4) is 0 Å². The summed E-state index contributed by atoms with van der Waals surface area (Å²) in [5.41, 5.74) is 3.07. The minimum Gasteiger partial charge on any atom is -0.487 e. The zero-order chi connectivity index (χ0) is 14.8. The van der Waals surface area contributed by atoms with Gasteiger partial charge in [-0.15, -0.1) is 0 Å². The lowest BCUT2D eigenvalue weighted by atomic mass is 9.78. The summed E-state index contributed by atoms with van der Waals surface area (Å²) < 4.78 is 33.2. The first-order valence-corrected chi connectivity index (χ1v) is 7.02. The first kappa shape index (κ1) is 14.0. The minimum atomic E-state index is -0.646. The van der Waals surface area contributed by atoms with Crippen molar-refractivity contribution in [1.29, 1.82) is 0 Å². The van der Waals surface area contributed by atoms with Gasteiger partial charge in [0.1, 0.15) is 0 Å². The van der Waals surface area contributed by atoms with Crippen LogP contribution in [0, 0.1) is 11.6 Å². The molecule has 3 rings (SSSR count). The summed E-state index contributed by atoms with van der Waals surface area (Å²) in [4.78, 5) is 0. The fourth-order valence-corrected chi connectivity index (χ4v) is 2.75. The lowest BCUT2D eigenvalue weighted by Gasteiger charge is -2.29. The van der Waals surface area contributed by atoms with Crippen molar-refractivity contribution in [3.8, 4) is 5.75 Å². The molecule has 1 atom stereocenters. The summed E-state index contributed by atoms with van der Waals surface area (Å²) in [6.07, 6.45) is 0.900. The normalized spacial score (nSPS) is 16.2. The number of ether oxygens (including phenoxy) is 1. The van der Waals surface area contributed by atoms with Crippen molar-refractivity contribution in [3.05, 3.63) is 64.7 Å². The molecule has 2 aromatic carbocycles. The number of hydrogen-bond donors (Lipinski definition) is 1. The van der Waals surface area contributed by atoms with Gasteiger partial charge in [-0.25, -0.2) is 8.78 Å². The van der Waals surface area contributed by atoms with Crippen LogP contribution in [0.4, 0.5) is 8.78 Å². The molecule has 0 aliphatic heterocycles. The molecule has 0 fully saturated rings. The van der Waals surface area contributed by atoms with E-state index in [4.69, 9.17) is 4.74 Å². The third kappa shape index (κ3) is 2.76. The molecule has 0 aromatic heterocycles. The molecule has 21 heavy (non-hydrogen) atoms. The Hall–Kier alpha value is -1.94. The number of nitrogens with one attached hydrogen (secondary N) is 1. The molecule has 0 spiro atoms. The van der Waals surface area contributed by atoms with Crippen LogP contribution in [-0.2, 0) is 13.0 Å². The molecular formula is C17H17F2NO. The predicted octanol–water partition coefficient (Wildman–Crippen LogP) is 3.40. The summed E-state index contributed by atoms with van der Waals surface area (Å²) in [7, 11) is 1.73. The summed E-state index contributed by atoms with van der Waals surface area (Å²) in [6.45, 7) is 0.723. The molecule has 2 nitrogen and oxygen atoms in total. The van der Waals surface area contributed by atoms with Crippen molar-refractivity contribution < 1.29 is 13.5 Å². The Balaban J connectivity index is 1.69. The summed E-state index contributed by atoms with van der Waals surface area (Å²) >= 11 is 0. The topological polar surface area (TPSA) is 21.3 Å². The first-order valence-electron chi connectivity index (χ1n) is 7.02. The van der Waals surface area contributed by atoms with Crippen LogP contribution in [0.15, 0.2) is 36.4 Å². The van der Waals surface area contributed by atoms with Crippen LogP contribution in [0.1, 0.15) is 22.6 Å². The molecule has 1 N–H and O–H groups in total. The van der Waals surface area contributed by atoms with E-state index in [1.54, 1.807) is 7.05 Å². The van der Waals surface area contributed by atoms with Gasteiger partial charge in [-0.3, -0.25) is 0 Å².